The summed E-state index contributed by atoms with van der Waals surface area (Å²) in [5.41, 5.74) is -1.60. The van der Waals surface area contributed by atoms with Gasteiger partial charge >= 0.3 is 5.97 Å². The molecular weight excluding hydrogens is 465 g/mol. The second-order valence-electron chi connectivity index (χ2n) is 6.17. The maximum absolute atomic E-state index is 13.2. The predicted octanol–water partition coefficient (Wildman–Crippen LogP) is 2.11. The van der Waals surface area contributed by atoms with Crippen molar-refractivity contribution in [3.05, 3.63) is 68.0 Å². The van der Waals surface area contributed by atoms with Gasteiger partial charge in [-0.25, -0.2) is 13.9 Å². The number of hydrogen-bond donors (Lipinski definition) is 1. The molecular formula is C17H12FN7O7S. The van der Waals surface area contributed by atoms with E-state index in [0.29, 0.717) is 6.07 Å². The molecule has 170 valence electrons. The molecule has 1 amide bonds. The molecule has 0 spiro atoms. The van der Waals surface area contributed by atoms with E-state index in [2.05, 4.69) is 20.8 Å². The zero-order valence-corrected chi connectivity index (χ0v) is 17.3. The molecule has 0 unspecified atom stereocenters. The van der Waals surface area contributed by atoms with Gasteiger partial charge in [-0.15, -0.1) is 5.10 Å². The molecule has 0 bridgehead atoms. The molecule has 16 heteroatoms. The number of nitro groups is 2. The van der Waals surface area contributed by atoms with E-state index >= 15 is 0 Å². The Hall–Kier alpha value is -4.47. The number of carbonyl (C=O) groups is 2. The topological polar surface area (TPSA) is 185 Å². The summed E-state index contributed by atoms with van der Waals surface area (Å²) in [4.78, 5) is 45.2. The Balaban J connectivity index is 1.68. The molecule has 0 aliphatic heterocycles. The number of esters is 1. The number of aryl methyl sites for hydroxylation is 1. The van der Waals surface area contributed by atoms with Crippen molar-refractivity contribution >= 4 is 40.7 Å². The molecule has 33 heavy (non-hydrogen) atoms. The van der Waals surface area contributed by atoms with Gasteiger partial charge in [-0.2, -0.15) is 0 Å². The second kappa shape index (κ2) is 9.77. The highest BCUT2D eigenvalue weighted by atomic mass is 32.2. The zero-order chi connectivity index (χ0) is 24.1. The lowest BCUT2D eigenvalue weighted by atomic mass is 10.2. The lowest BCUT2D eigenvalue weighted by Gasteiger charge is -2.08. The molecule has 3 aromatic rings. The van der Waals surface area contributed by atoms with Crippen LogP contribution in [0.15, 0.2) is 46.5 Å². The Morgan fingerprint density at radius 3 is 2.52 bits per heavy atom. The number of nitrogens with zero attached hydrogens (tertiary/aromatic N) is 6. The fourth-order valence-electron chi connectivity index (χ4n) is 2.44. The van der Waals surface area contributed by atoms with Gasteiger partial charge < -0.3 is 10.1 Å². The largest absolute Gasteiger partial charge is 0.452 e. The van der Waals surface area contributed by atoms with Crippen LogP contribution < -0.4 is 5.32 Å². The van der Waals surface area contributed by atoms with Gasteiger partial charge in [-0.05, 0) is 46.5 Å². The number of anilines is 1. The molecule has 0 atom stereocenters. The number of nitro benzene ring substituents is 2. The van der Waals surface area contributed by atoms with E-state index in [-0.39, 0.29) is 21.3 Å². The van der Waals surface area contributed by atoms with E-state index in [1.807, 2.05) is 0 Å². The van der Waals surface area contributed by atoms with Gasteiger partial charge in [-0.1, -0.05) is 0 Å². The number of nitrogens with one attached hydrogen (secondary N) is 1. The Morgan fingerprint density at radius 2 is 1.88 bits per heavy atom. The van der Waals surface area contributed by atoms with Crippen LogP contribution in [0.4, 0.5) is 21.5 Å². The van der Waals surface area contributed by atoms with E-state index in [4.69, 9.17) is 4.74 Å². The van der Waals surface area contributed by atoms with Crippen LogP contribution in [0, 0.1) is 26.0 Å². The quantitative estimate of drug-likeness (QED) is 0.284. The first kappa shape index (κ1) is 23.2. The van der Waals surface area contributed by atoms with Gasteiger partial charge in [0.05, 0.1) is 26.4 Å². The van der Waals surface area contributed by atoms with E-state index in [1.165, 1.54) is 16.8 Å². The third-order valence-corrected chi connectivity index (χ3v) is 5.03. The third kappa shape index (κ3) is 5.62. The van der Waals surface area contributed by atoms with Crippen LogP contribution in [0.3, 0.4) is 0 Å². The summed E-state index contributed by atoms with van der Waals surface area (Å²) in [5, 5.41) is 35.6. The number of carbonyl (C=O) groups excluding carboxylic acids is 2. The third-order valence-electron chi connectivity index (χ3n) is 3.94. The van der Waals surface area contributed by atoms with Crippen molar-refractivity contribution in [2.45, 2.75) is 10.1 Å². The van der Waals surface area contributed by atoms with E-state index in [0.717, 1.165) is 30.0 Å². The molecule has 0 saturated carbocycles. The molecule has 0 saturated heterocycles. The number of benzene rings is 2. The first-order chi connectivity index (χ1) is 15.7. The van der Waals surface area contributed by atoms with Crippen LogP contribution in [0.25, 0.3) is 0 Å². The fraction of sp³-hybridized carbons (Fsp3) is 0.118. The van der Waals surface area contributed by atoms with Crippen molar-refractivity contribution in [1.29, 1.82) is 0 Å². The van der Waals surface area contributed by atoms with Gasteiger partial charge in [0, 0.05) is 13.1 Å². The SMILES string of the molecule is Cn1nnnc1Sc1ccc(C(=O)OCC(=O)Nc2ccc(F)cc2[N+](=O)[O-])cc1[N+](=O)[O-]. The maximum Gasteiger partial charge on any atom is 0.338 e. The highest BCUT2D eigenvalue weighted by Crippen LogP contribution is 2.34. The summed E-state index contributed by atoms with van der Waals surface area (Å²) in [6.45, 7) is -0.845. The number of halogens is 1. The van der Waals surface area contributed by atoms with Crippen LogP contribution in [0.5, 0.6) is 0 Å². The van der Waals surface area contributed by atoms with E-state index in [9.17, 15) is 34.2 Å². The summed E-state index contributed by atoms with van der Waals surface area (Å²) >= 11 is 0.908. The minimum atomic E-state index is -1.04. The molecule has 0 radical (unpaired) electrons. The van der Waals surface area contributed by atoms with Crippen LogP contribution in [-0.2, 0) is 16.6 Å². The lowest BCUT2D eigenvalue weighted by Crippen LogP contribution is -2.21. The smallest absolute Gasteiger partial charge is 0.338 e. The molecule has 0 aliphatic carbocycles. The number of rotatable bonds is 8. The van der Waals surface area contributed by atoms with Gasteiger partial charge in [0.15, 0.2) is 6.61 Å². The van der Waals surface area contributed by atoms with Crippen molar-refractivity contribution in [3.63, 3.8) is 0 Å². The molecule has 0 aliphatic rings. The molecule has 14 nitrogen and oxygen atoms in total. The zero-order valence-electron chi connectivity index (χ0n) is 16.5. The van der Waals surface area contributed by atoms with Crippen molar-refractivity contribution < 1.29 is 28.6 Å². The average Bonchev–Trinajstić information content (AvgIpc) is 3.17. The van der Waals surface area contributed by atoms with Gasteiger partial charge in [0.2, 0.25) is 5.16 Å². The van der Waals surface area contributed by atoms with Crippen LogP contribution in [0.1, 0.15) is 10.4 Å². The fourth-order valence-corrected chi connectivity index (χ4v) is 3.26. The maximum atomic E-state index is 13.2. The Kier molecular flexibility index (Phi) is 6.87. The highest BCUT2D eigenvalue weighted by molar-refractivity contribution is 7.99. The van der Waals surface area contributed by atoms with Crippen LogP contribution >= 0.6 is 11.8 Å². The lowest BCUT2D eigenvalue weighted by molar-refractivity contribution is -0.387. The van der Waals surface area contributed by atoms with E-state index in [1.54, 1.807) is 7.05 Å². The average molecular weight is 477 g/mol. The van der Waals surface area contributed by atoms with Crippen molar-refractivity contribution in [3.8, 4) is 0 Å². The standard InChI is InChI=1S/C17H12FN7O7S/c1-23-17(20-21-22-23)33-14-5-2-9(6-13(14)25(30)31)16(27)32-8-15(26)19-11-4-3-10(18)7-12(11)24(28)29/h2-7H,8H2,1H3,(H,19,26). The van der Waals surface area contributed by atoms with Gasteiger partial charge in [0.25, 0.3) is 17.3 Å². The van der Waals surface area contributed by atoms with Crippen LogP contribution in [-0.4, -0.2) is 48.5 Å². The minimum Gasteiger partial charge on any atom is -0.452 e. The summed E-state index contributed by atoms with van der Waals surface area (Å²) in [5.74, 6) is -2.85. The Labute approximate surface area is 187 Å². The molecule has 2 aromatic carbocycles. The molecule has 0 fully saturated rings. The van der Waals surface area contributed by atoms with Gasteiger partial charge in [-0.3, -0.25) is 25.0 Å². The summed E-state index contributed by atoms with van der Waals surface area (Å²) in [6, 6.07) is 6.04. The first-order valence-electron chi connectivity index (χ1n) is 8.75. The number of hydrogen-bond acceptors (Lipinski definition) is 11. The second-order valence-corrected chi connectivity index (χ2v) is 7.18. The summed E-state index contributed by atoms with van der Waals surface area (Å²) in [7, 11) is 1.55. The Morgan fingerprint density at radius 1 is 1.15 bits per heavy atom. The normalized spacial score (nSPS) is 10.5. The number of tetrazole rings is 1. The first-order valence-corrected chi connectivity index (χ1v) is 9.57. The molecule has 1 N–H and O–H groups in total. The number of amides is 1. The van der Waals surface area contributed by atoms with E-state index < -0.39 is 45.5 Å². The van der Waals surface area contributed by atoms with Gasteiger partial charge in [0.1, 0.15) is 11.5 Å². The molecule has 3 rings (SSSR count). The minimum absolute atomic E-state index is 0.163. The summed E-state index contributed by atoms with van der Waals surface area (Å²) in [6.07, 6.45) is 0. The number of aromatic nitrogens is 4. The number of ether oxygens (including phenoxy) is 1. The van der Waals surface area contributed by atoms with Crippen molar-refractivity contribution in [2.75, 3.05) is 11.9 Å². The predicted molar refractivity (Wildman–Crippen MR) is 108 cm³/mol. The monoisotopic (exact) mass is 477 g/mol. The van der Waals surface area contributed by atoms with Crippen molar-refractivity contribution in [1.82, 2.24) is 20.2 Å². The summed E-state index contributed by atoms with van der Waals surface area (Å²) < 4.78 is 19.3. The van der Waals surface area contributed by atoms with Crippen LogP contribution in [0.2, 0.25) is 0 Å². The molecule has 1 aromatic heterocycles. The van der Waals surface area contributed by atoms with Crippen molar-refractivity contribution in [2.24, 2.45) is 7.05 Å². The highest BCUT2D eigenvalue weighted by Gasteiger charge is 2.22. The Bertz CT molecular complexity index is 1270. The molecule has 1 heterocycles.